The maximum atomic E-state index is 13.0. The molecule has 0 bridgehead atoms. The Kier molecular flexibility index (Phi) is 6.73. The monoisotopic (exact) mass is 394 g/mol. The SMILES string of the molecule is CCOc1ccccc1NC(=O)c1cc(C)nc(NCCc2ccc(F)cc2)n1. The molecule has 2 N–H and O–H groups in total. The highest BCUT2D eigenvalue weighted by molar-refractivity contribution is 6.03. The van der Waals surface area contributed by atoms with Crippen molar-refractivity contribution in [1.29, 1.82) is 0 Å². The smallest absolute Gasteiger partial charge is 0.274 e. The standard InChI is InChI=1S/C22H23FN4O2/c1-3-29-20-7-5-4-6-18(20)26-21(28)19-14-15(2)25-22(27-19)24-13-12-16-8-10-17(23)11-9-16/h4-11,14H,3,12-13H2,1-2H3,(H,26,28)(H,24,25,27). The Morgan fingerprint density at radius 2 is 1.86 bits per heavy atom. The summed E-state index contributed by atoms with van der Waals surface area (Å²) < 4.78 is 18.5. The van der Waals surface area contributed by atoms with Crippen LogP contribution in [-0.2, 0) is 6.42 Å². The van der Waals surface area contributed by atoms with E-state index in [1.165, 1.54) is 12.1 Å². The molecule has 150 valence electrons. The fourth-order valence-corrected chi connectivity index (χ4v) is 2.77. The molecule has 7 heteroatoms. The van der Waals surface area contributed by atoms with E-state index < -0.39 is 0 Å². The summed E-state index contributed by atoms with van der Waals surface area (Å²) in [4.78, 5) is 21.3. The molecule has 0 fully saturated rings. The van der Waals surface area contributed by atoms with Crippen LogP contribution in [0, 0.1) is 12.7 Å². The van der Waals surface area contributed by atoms with Crippen LogP contribution in [0.1, 0.15) is 28.7 Å². The first kappa shape index (κ1) is 20.3. The van der Waals surface area contributed by atoms with E-state index in [4.69, 9.17) is 4.74 Å². The number of nitrogens with zero attached hydrogens (tertiary/aromatic N) is 2. The van der Waals surface area contributed by atoms with Crippen LogP contribution in [-0.4, -0.2) is 29.0 Å². The van der Waals surface area contributed by atoms with Crippen molar-refractivity contribution in [3.63, 3.8) is 0 Å². The van der Waals surface area contributed by atoms with Crippen LogP contribution < -0.4 is 15.4 Å². The van der Waals surface area contributed by atoms with E-state index in [2.05, 4.69) is 20.6 Å². The summed E-state index contributed by atoms with van der Waals surface area (Å²) in [5.74, 6) is 0.372. The number of aromatic nitrogens is 2. The number of hydrogen-bond acceptors (Lipinski definition) is 5. The topological polar surface area (TPSA) is 76.1 Å². The van der Waals surface area contributed by atoms with Gasteiger partial charge in [-0.05, 0) is 56.2 Å². The highest BCUT2D eigenvalue weighted by Gasteiger charge is 2.13. The summed E-state index contributed by atoms with van der Waals surface area (Å²) in [6.07, 6.45) is 0.681. The van der Waals surface area contributed by atoms with Gasteiger partial charge in [0, 0.05) is 12.2 Å². The third-order valence-corrected chi connectivity index (χ3v) is 4.13. The minimum atomic E-state index is -0.343. The Morgan fingerprint density at radius 3 is 2.62 bits per heavy atom. The molecule has 0 saturated heterocycles. The van der Waals surface area contributed by atoms with Crippen LogP contribution >= 0.6 is 0 Å². The number of ether oxygens (including phenoxy) is 1. The fourth-order valence-electron chi connectivity index (χ4n) is 2.77. The third kappa shape index (κ3) is 5.75. The van der Waals surface area contributed by atoms with Gasteiger partial charge in [-0.1, -0.05) is 24.3 Å². The first-order valence-corrected chi connectivity index (χ1v) is 9.42. The lowest BCUT2D eigenvalue weighted by Gasteiger charge is -2.12. The van der Waals surface area contributed by atoms with Gasteiger partial charge in [-0.3, -0.25) is 4.79 Å². The molecule has 0 aliphatic carbocycles. The van der Waals surface area contributed by atoms with Gasteiger partial charge < -0.3 is 15.4 Å². The predicted octanol–water partition coefficient (Wildman–Crippen LogP) is 4.23. The molecule has 0 saturated carbocycles. The molecule has 0 aliphatic rings. The van der Waals surface area contributed by atoms with Crippen molar-refractivity contribution in [1.82, 2.24) is 9.97 Å². The first-order chi connectivity index (χ1) is 14.0. The Bertz CT molecular complexity index is 977. The summed E-state index contributed by atoms with van der Waals surface area (Å²) in [5, 5.41) is 5.95. The molecule has 3 rings (SSSR count). The van der Waals surface area contributed by atoms with Gasteiger partial charge in [-0.25, -0.2) is 14.4 Å². The highest BCUT2D eigenvalue weighted by Crippen LogP contribution is 2.24. The van der Waals surface area contributed by atoms with Crippen molar-refractivity contribution in [3.8, 4) is 5.75 Å². The summed E-state index contributed by atoms with van der Waals surface area (Å²) in [6.45, 7) is 4.75. The Morgan fingerprint density at radius 1 is 1.10 bits per heavy atom. The van der Waals surface area contributed by atoms with Gasteiger partial charge in [0.25, 0.3) is 5.91 Å². The van der Waals surface area contributed by atoms with Crippen molar-refractivity contribution in [3.05, 3.63) is 77.4 Å². The van der Waals surface area contributed by atoms with Crippen LogP contribution in [0.3, 0.4) is 0 Å². The summed E-state index contributed by atoms with van der Waals surface area (Å²) >= 11 is 0. The lowest BCUT2D eigenvalue weighted by molar-refractivity contribution is 0.102. The zero-order valence-corrected chi connectivity index (χ0v) is 16.4. The molecule has 0 unspecified atom stereocenters. The zero-order chi connectivity index (χ0) is 20.6. The molecule has 1 aromatic heterocycles. The normalized spacial score (nSPS) is 10.4. The number of rotatable bonds is 8. The van der Waals surface area contributed by atoms with Crippen molar-refractivity contribution in [2.24, 2.45) is 0 Å². The summed E-state index contributed by atoms with van der Waals surface area (Å²) in [5.41, 5.74) is 2.51. The van der Waals surface area contributed by atoms with Gasteiger partial charge in [0.15, 0.2) is 0 Å². The molecule has 0 radical (unpaired) electrons. The van der Waals surface area contributed by atoms with Crippen molar-refractivity contribution >= 4 is 17.5 Å². The van der Waals surface area contributed by atoms with Crippen LogP contribution in [0.2, 0.25) is 0 Å². The second kappa shape index (κ2) is 9.64. The largest absolute Gasteiger partial charge is 0.492 e. The predicted molar refractivity (Wildman–Crippen MR) is 111 cm³/mol. The number of aryl methyl sites for hydroxylation is 1. The number of halogens is 1. The number of carbonyl (C=O) groups is 1. The molecule has 2 aromatic carbocycles. The van der Waals surface area contributed by atoms with E-state index >= 15 is 0 Å². The van der Waals surface area contributed by atoms with E-state index in [1.807, 2.05) is 19.1 Å². The average Bonchev–Trinajstić information content (AvgIpc) is 2.71. The molecule has 0 atom stereocenters. The second-order valence-electron chi connectivity index (χ2n) is 6.40. The highest BCUT2D eigenvalue weighted by atomic mass is 19.1. The molecule has 0 spiro atoms. The summed E-state index contributed by atoms with van der Waals surface area (Å²) in [7, 11) is 0. The number of para-hydroxylation sites is 2. The van der Waals surface area contributed by atoms with Gasteiger partial charge in [-0.15, -0.1) is 0 Å². The van der Waals surface area contributed by atoms with E-state index in [0.29, 0.717) is 42.7 Å². The molecule has 6 nitrogen and oxygen atoms in total. The molecule has 0 aliphatic heterocycles. The lowest BCUT2D eigenvalue weighted by atomic mass is 10.1. The Balaban J connectivity index is 1.66. The van der Waals surface area contributed by atoms with Crippen molar-refractivity contribution in [2.45, 2.75) is 20.3 Å². The molecule has 1 heterocycles. The molecular formula is C22H23FN4O2. The number of anilines is 2. The zero-order valence-electron chi connectivity index (χ0n) is 16.4. The Hall–Kier alpha value is -3.48. The van der Waals surface area contributed by atoms with Crippen LogP contribution in [0.5, 0.6) is 5.75 Å². The van der Waals surface area contributed by atoms with Crippen LogP contribution in [0.4, 0.5) is 16.0 Å². The van der Waals surface area contributed by atoms with Crippen LogP contribution in [0.15, 0.2) is 54.6 Å². The quantitative estimate of drug-likeness (QED) is 0.598. The average molecular weight is 394 g/mol. The molecular weight excluding hydrogens is 371 g/mol. The molecule has 3 aromatic rings. The van der Waals surface area contributed by atoms with Gasteiger partial charge in [-0.2, -0.15) is 0 Å². The van der Waals surface area contributed by atoms with E-state index in [9.17, 15) is 9.18 Å². The first-order valence-electron chi connectivity index (χ1n) is 9.42. The van der Waals surface area contributed by atoms with Crippen molar-refractivity contribution in [2.75, 3.05) is 23.8 Å². The van der Waals surface area contributed by atoms with Gasteiger partial charge in [0.1, 0.15) is 17.3 Å². The van der Waals surface area contributed by atoms with E-state index in [1.54, 1.807) is 37.3 Å². The minimum Gasteiger partial charge on any atom is -0.492 e. The maximum Gasteiger partial charge on any atom is 0.274 e. The number of hydrogen-bond donors (Lipinski definition) is 2. The van der Waals surface area contributed by atoms with Gasteiger partial charge in [0.2, 0.25) is 5.95 Å². The number of carbonyl (C=O) groups excluding carboxylic acids is 1. The van der Waals surface area contributed by atoms with Crippen LogP contribution in [0.25, 0.3) is 0 Å². The minimum absolute atomic E-state index is 0.257. The molecule has 29 heavy (non-hydrogen) atoms. The number of amides is 1. The fraction of sp³-hybridized carbons (Fsp3) is 0.227. The number of nitrogens with one attached hydrogen (secondary N) is 2. The molecule has 1 amide bonds. The van der Waals surface area contributed by atoms with Gasteiger partial charge >= 0.3 is 0 Å². The van der Waals surface area contributed by atoms with E-state index in [0.717, 1.165) is 5.56 Å². The second-order valence-corrected chi connectivity index (χ2v) is 6.40. The van der Waals surface area contributed by atoms with Gasteiger partial charge in [0.05, 0.1) is 12.3 Å². The van der Waals surface area contributed by atoms with E-state index in [-0.39, 0.29) is 17.4 Å². The maximum absolute atomic E-state index is 13.0. The van der Waals surface area contributed by atoms with Crippen molar-refractivity contribution < 1.29 is 13.9 Å². The Labute approximate surface area is 169 Å². The lowest BCUT2D eigenvalue weighted by Crippen LogP contribution is -2.17. The third-order valence-electron chi connectivity index (χ3n) is 4.13. The number of benzene rings is 2. The summed E-state index contributed by atoms with van der Waals surface area (Å²) in [6, 6.07) is 15.2.